The van der Waals surface area contributed by atoms with E-state index in [4.69, 9.17) is 9.16 Å². The summed E-state index contributed by atoms with van der Waals surface area (Å²) in [5.41, 5.74) is 2.45. The number of aromatic carboxylic acids is 1. The fourth-order valence-electron chi connectivity index (χ4n) is 3.54. The van der Waals surface area contributed by atoms with Crippen molar-refractivity contribution in [2.24, 2.45) is 0 Å². The maximum Gasteiger partial charge on any atom is 0.343 e. The molecule has 0 bridgehead atoms. The molecule has 0 aromatic heterocycles. The first-order chi connectivity index (χ1) is 13.9. The van der Waals surface area contributed by atoms with Crippen molar-refractivity contribution >= 4 is 15.7 Å². The Bertz CT molecular complexity index is 916. The molecule has 0 aliphatic heterocycles. The molecule has 4 nitrogen and oxygen atoms in total. The summed E-state index contributed by atoms with van der Waals surface area (Å²) in [5.74, 6) is -0.353. The van der Waals surface area contributed by atoms with Crippen LogP contribution in [-0.4, -0.2) is 27.9 Å². The molecule has 3 aromatic rings. The number of methoxy groups -OCH3 is 1. The average molecular weight is 405 g/mol. The van der Waals surface area contributed by atoms with Crippen LogP contribution in [0.15, 0.2) is 78.9 Å². The van der Waals surface area contributed by atoms with Crippen LogP contribution in [0.3, 0.4) is 0 Å². The van der Waals surface area contributed by atoms with Crippen LogP contribution >= 0.6 is 0 Å². The summed E-state index contributed by atoms with van der Waals surface area (Å²) in [4.78, 5) is 11.7. The topological polar surface area (TPSA) is 55.8 Å². The second-order valence-corrected chi connectivity index (χ2v) is 9.02. The number of benzene rings is 3. The van der Waals surface area contributed by atoms with Crippen LogP contribution in [0.2, 0.25) is 5.04 Å². The van der Waals surface area contributed by atoms with E-state index < -0.39 is 5.97 Å². The Labute approximate surface area is 174 Å². The van der Waals surface area contributed by atoms with Crippen LogP contribution in [0.4, 0.5) is 0 Å². The van der Waals surface area contributed by atoms with Crippen LogP contribution in [-0.2, 0) is 0 Å². The van der Waals surface area contributed by atoms with E-state index in [0.717, 1.165) is 0 Å². The van der Waals surface area contributed by atoms with Gasteiger partial charge in [-0.25, -0.2) is 4.79 Å². The number of carbonyl (C=O) groups is 1. The summed E-state index contributed by atoms with van der Waals surface area (Å²) in [5, 5.41) is 9.34. The molecule has 0 aliphatic carbocycles. The summed E-state index contributed by atoms with van der Waals surface area (Å²) in [6.07, 6.45) is 0. The monoisotopic (exact) mass is 404 g/mol. The van der Waals surface area contributed by atoms with Crippen molar-refractivity contribution in [1.82, 2.24) is 0 Å². The molecule has 3 aromatic carbocycles. The first kappa shape index (κ1) is 20.7. The smallest absolute Gasteiger partial charge is 0.343 e. The lowest BCUT2D eigenvalue weighted by Crippen LogP contribution is -2.27. The van der Waals surface area contributed by atoms with Gasteiger partial charge in [-0.1, -0.05) is 80.6 Å². The van der Waals surface area contributed by atoms with Crippen molar-refractivity contribution in [1.29, 1.82) is 0 Å². The highest BCUT2D eigenvalue weighted by Crippen LogP contribution is 2.46. The van der Waals surface area contributed by atoms with Crippen LogP contribution in [0.25, 0.3) is 0 Å². The van der Waals surface area contributed by atoms with E-state index in [2.05, 4.69) is 38.1 Å². The highest BCUT2D eigenvalue weighted by Gasteiger charge is 2.35. The minimum Gasteiger partial charge on any atom is -0.540 e. The fourth-order valence-corrected chi connectivity index (χ4v) is 4.53. The highest BCUT2D eigenvalue weighted by molar-refractivity contribution is 6.34. The van der Waals surface area contributed by atoms with Gasteiger partial charge >= 0.3 is 15.7 Å². The van der Waals surface area contributed by atoms with Gasteiger partial charge in [-0.15, -0.1) is 0 Å². The Hall–Kier alpha value is -3.05. The number of hydrogen-bond acceptors (Lipinski definition) is 3. The van der Waals surface area contributed by atoms with Crippen LogP contribution < -0.4 is 9.16 Å². The Morgan fingerprint density at radius 1 is 0.862 bits per heavy atom. The highest BCUT2D eigenvalue weighted by atomic mass is 28.2. The molecule has 0 atom stereocenters. The van der Waals surface area contributed by atoms with Gasteiger partial charge in [-0.05, 0) is 23.3 Å². The summed E-state index contributed by atoms with van der Waals surface area (Å²) in [6.45, 7) is 4.30. The summed E-state index contributed by atoms with van der Waals surface area (Å²) in [7, 11) is 1.49. The molecule has 29 heavy (non-hydrogen) atoms. The molecule has 0 saturated carbocycles. The van der Waals surface area contributed by atoms with E-state index in [9.17, 15) is 9.90 Å². The number of ether oxygens (including phenoxy) is 1. The van der Waals surface area contributed by atoms with E-state index in [1.165, 1.54) is 18.2 Å². The predicted molar refractivity (Wildman–Crippen MR) is 115 cm³/mol. The average Bonchev–Trinajstić information content (AvgIpc) is 2.73. The molecule has 1 N–H and O–H groups in total. The molecule has 0 aliphatic rings. The minimum absolute atomic E-state index is 0.0357. The van der Waals surface area contributed by atoms with Gasteiger partial charge in [-0.2, -0.15) is 0 Å². The SMILES string of the molecule is COc1cccc(O[Si]C(C)(C)C(c2ccccc2)c2ccccc2)c1C(=O)O. The van der Waals surface area contributed by atoms with Crippen LogP contribution in [0.1, 0.15) is 41.3 Å². The molecule has 5 heteroatoms. The zero-order chi connectivity index (χ0) is 20.9. The summed E-state index contributed by atoms with van der Waals surface area (Å²) >= 11 is 0. The van der Waals surface area contributed by atoms with Gasteiger partial charge in [0.05, 0.1) is 7.11 Å². The fraction of sp³-hybridized carbons (Fsp3) is 0.208. The number of hydrogen-bond donors (Lipinski definition) is 1. The molecule has 0 amide bonds. The molecule has 0 spiro atoms. The predicted octanol–water partition coefficient (Wildman–Crippen LogP) is 5.42. The van der Waals surface area contributed by atoms with Crippen molar-refractivity contribution in [2.75, 3.05) is 7.11 Å². The lowest BCUT2D eigenvalue weighted by Gasteiger charge is -2.34. The summed E-state index contributed by atoms with van der Waals surface area (Å²) < 4.78 is 11.3. The minimum atomic E-state index is -1.07. The molecule has 0 heterocycles. The van der Waals surface area contributed by atoms with Gasteiger partial charge in [0.1, 0.15) is 17.1 Å². The van der Waals surface area contributed by atoms with Crippen molar-refractivity contribution < 1.29 is 19.1 Å². The Morgan fingerprint density at radius 3 is 1.86 bits per heavy atom. The zero-order valence-electron chi connectivity index (χ0n) is 16.8. The van der Waals surface area contributed by atoms with E-state index in [1.807, 2.05) is 36.4 Å². The Balaban J connectivity index is 1.94. The second kappa shape index (κ2) is 8.96. The number of carboxylic acid groups (broad SMARTS) is 1. The lowest BCUT2D eigenvalue weighted by atomic mass is 9.82. The normalized spacial score (nSPS) is 11.3. The maximum absolute atomic E-state index is 11.7. The lowest BCUT2D eigenvalue weighted by molar-refractivity contribution is 0.0691. The first-order valence-corrected chi connectivity index (χ1v) is 10.3. The standard InChI is InChI=1S/C24H24O4Si/c1-24(2,29-28-20-16-10-15-19(27-3)21(20)23(25)26)22(17-11-6-4-7-12-17)18-13-8-5-9-14-18/h4-16,22H,1-3H3,(H,25,26). The van der Waals surface area contributed by atoms with Crippen molar-refractivity contribution in [3.8, 4) is 11.5 Å². The van der Waals surface area contributed by atoms with Gasteiger partial charge < -0.3 is 14.3 Å². The van der Waals surface area contributed by atoms with E-state index >= 15 is 0 Å². The molecule has 3 rings (SSSR count). The van der Waals surface area contributed by atoms with Gasteiger partial charge in [-0.3, -0.25) is 0 Å². The third-order valence-corrected chi connectivity index (χ3v) is 5.97. The molecule has 148 valence electrons. The van der Waals surface area contributed by atoms with Crippen molar-refractivity contribution in [3.63, 3.8) is 0 Å². The summed E-state index contributed by atoms with van der Waals surface area (Å²) in [6, 6.07) is 25.7. The van der Waals surface area contributed by atoms with E-state index in [-0.39, 0.29) is 26.3 Å². The second-order valence-electron chi connectivity index (χ2n) is 7.32. The van der Waals surface area contributed by atoms with Gasteiger partial charge in [0.25, 0.3) is 0 Å². The van der Waals surface area contributed by atoms with Gasteiger partial charge in [0.2, 0.25) is 0 Å². The van der Waals surface area contributed by atoms with Gasteiger partial charge in [0, 0.05) is 11.0 Å². The van der Waals surface area contributed by atoms with E-state index in [1.54, 1.807) is 18.2 Å². The quantitative estimate of drug-likeness (QED) is 0.509. The van der Waals surface area contributed by atoms with Crippen LogP contribution in [0, 0.1) is 0 Å². The maximum atomic E-state index is 11.7. The number of carboxylic acids is 1. The molecule has 0 unspecified atom stereocenters. The molecule has 0 fully saturated rings. The first-order valence-electron chi connectivity index (χ1n) is 9.38. The zero-order valence-corrected chi connectivity index (χ0v) is 17.8. The Morgan fingerprint density at radius 2 is 1.38 bits per heavy atom. The largest absolute Gasteiger partial charge is 0.540 e. The molecule has 0 saturated heterocycles. The third kappa shape index (κ3) is 4.69. The van der Waals surface area contributed by atoms with Gasteiger partial charge in [0.15, 0.2) is 0 Å². The van der Waals surface area contributed by atoms with Crippen LogP contribution in [0.5, 0.6) is 11.5 Å². The van der Waals surface area contributed by atoms with Crippen molar-refractivity contribution in [3.05, 3.63) is 95.6 Å². The number of rotatable bonds is 8. The van der Waals surface area contributed by atoms with E-state index in [0.29, 0.717) is 11.5 Å². The Kier molecular flexibility index (Phi) is 6.39. The third-order valence-electron chi connectivity index (χ3n) is 4.83. The molecular weight excluding hydrogens is 380 g/mol. The van der Waals surface area contributed by atoms with Crippen molar-refractivity contribution in [2.45, 2.75) is 24.8 Å². The molecular formula is C24H24O4Si. The molecule has 2 radical (unpaired) electrons.